The smallest absolute Gasteiger partial charge is 0.273 e. The van der Waals surface area contributed by atoms with E-state index in [-0.39, 0.29) is 42.3 Å². The Morgan fingerprint density at radius 1 is 1.35 bits per heavy atom. The molecule has 0 saturated carbocycles. The van der Waals surface area contributed by atoms with Gasteiger partial charge >= 0.3 is 0 Å². The summed E-state index contributed by atoms with van der Waals surface area (Å²) in [4.78, 5) is 15.9. The summed E-state index contributed by atoms with van der Waals surface area (Å²) in [5.41, 5.74) is 1.04. The second-order valence-electron chi connectivity index (χ2n) is 5.01. The van der Waals surface area contributed by atoms with Gasteiger partial charge in [0.05, 0.1) is 6.10 Å². The SMILES string of the molecule is Cl.Cl.O=C(NCC1CNCC1O)c1cc(-c2ccncc2)on1. The molecular formula is C14H18Cl2N4O3. The molecule has 2 aromatic heterocycles. The van der Waals surface area contributed by atoms with Gasteiger partial charge in [-0.15, -0.1) is 24.8 Å². The molecule has 1 aliphatic rings. The number of aliphatic hydroxyl groups excluding tert-OH is 1. The van der Waals surface area contributed by atoms with Crippen molar-refractivity contribution >= 4 is 30.7 Å². The number of β-amino-alcohol motifs (C(OH)–C–C–N with tert-alkyl or cyclic N) is 1. The van der Waals surface area contributed by atoms with Gasteiger partial charge in [-0.05, 0) is 12.1 Å². The molecule has 2 aromatic rings. The van der Waals surface area contributed by atoms with Crippen LogP contribution in [0.4, 0.5) is 0 Å². The number of carbonyl (C=O) groups is 1. The van der Waals surface area contributed by atoms with Gasteiger partial charge in [0, 0.05) is 49.6 Å². The fourth-order valence-electron chi connectivity index (χ4n) is 2.28. The maximum absolute atomic E-state index is 12.0. The van der Waals surface area contributed by atoms with E-state index >= 15 is 0 Å². The van der Waals surface area contributed by atoms with Crippen LogP contribution in [-0.2, 0) is 0 Å². The average Bonchev–Trinajstić information content (AvgIpc) is 3.15. The summed E-state index contributed by atoms with van der Waals surface area (Å²) < 4.78 is 5.16. The highest BCUT2D eigenvalue weighted by atomic mass is 35.5. The van der Waals surface area contributed by atoms with Crippen LogP contribution in [0.5, 0.6) is 0 Å². The number of carbonyl (C=O) groups excluding carboxylic acids is 1. The number of nitrogens with zero attached hydrogens (tertiary/aromatic N) is 2. The van der Waals surface area contributed by atoms with Gasteiger partial charge in [-0.25, -0.2) is 0 Å². The monoisotopic (exact) mass is 360 g/mol. The molecule has 2 atom stereocenters. The zero-order valence-corrected chi connectivity index (χ0v) is 13.8. The van der Waals surface area contributed by atoms with Gasteiger partial charge in [-0.2, -0.15) is 0 Å². The summed E-state index contributed by atoms with van der Waals surface area (Å²) in [7, 11) is 0. The first-order valence-electron chi connectivity index (χ1n) is 6.78. The van der Waals surface area contributed by atoms with Crippen molar-refractivity contribution in [2.24, 2.45) is 5.92 Å². The van der Waals surface area contributed by atoms with Crippen LogP contribution in [0.1, 0.15) is 10.5 Å². The first-order chi connectivity index (χ1) is 10.2. The maximum Gasteiger partial charge on any atom is 0.273 e. The Morgan fingerprint density at radius 3 is 2.74 bits per heavy atom. The molecule has 3 rings (SSSR count). The molecule has 0 radical (unpaired) electrons. The average molecular weight is 361 g/mol. The molecule has 3 heterocycles. The fourth-order valence-corrected chi connectivity index (χ4v) is 2.28. The first kappa shape index (κ1) is 19.4. The number of aliphatic hydroxyl groups is 1. The molecule has 3 N–H and O–H groups in total. The summed E-state index contributed by atoms with van der Waals surface area (Å²) in [6, 6.07) is 5.15. The highest BCUT2D eigenvalue weighted by molar-refractivity contribution is 5.93. The summed E-state index contributed by atoms with van der Waals surface area (Å²) in [5, 5.41) is 19.3. The number of amides is 1. The topological polar surface area (TPSA) is 100 Å². The standard InChI is InChI=1S/C14H16N4O3.2ClH/c19-12-8-16-6-10(12)7-17-14(20)11-5-13(21-18-11)9-1-3-15-4-2-9;;/h1-5,10,12,16,19H,6-8H2,(H,17,20);2*1H. The number of rotatable bonds is 4. The second-order valence-corrected chi connectivity index (χ2v) is 5.01. The normalized spacial score (nSPS) is 19.5. The molecule has 2 unspecified atom stereocenters. The highest BCUT2D eigenvalue weighted by Crippen LogP contribution is 2.19. The van der Waals surface area contributed by atoms with E-state index in [4.69, 9.17) is 4.52 Å². The van der Waals surface area contributed by atoms with Crippen molar-refractivity contribution in [2.75, 3.05) is 19.6 Å². The third-order valence-corrected chi connectivity index (χ3v) is 3.54. The lowest BCUT2D eigenvalue weighted by Crippen LogP contribution is -2.34. The van der Waals surface area contributed by atoms with Crippen molar-refractivity contribution in [3.05, 3.63) is 36.3 Å². The van der Waals surface area contributed by atoms with E-state index in [1.807, 2.05) is 0 Å². The Hall–Kier alpha value is -1.67. The van der Waals surface area contributed by atoms with E-state index in [1.165, 1.54) is 0 Å². The zero-order valence-electron chi connectivity index (χ0n) is 12.1. The van der Waals surface area contributed by atoms with Crippen molar-refractivity contribution in [3.63, 3.8) is 0 Å². The molecule has 0 spiro atoms. The molecular weight excluding hydrogens is 343 g/mol. The summed E-state index contributed by atoms with van der Waals surface area (Å²) >= 11 is 0. The fraction of sp³-hybridized carbons (Fsp3) is 0.357. The number of pyridine rings is 1. The quantitative estimate of drug-likeness (QED) is 0.748. The van der Waals surface area contributed by atoms with Crippen LogP contribution in [0.15, 0.2) is 35.1 Å². The van der Waals surface area contributed by atoms with E-state index in [0.717, 1.165) is 5.56 Å². The Bertz CT molecular complexity index is 623. The predicted octanol–water partition coefficient (Wildman–Crippen LogP) is 0.890. The number of halogens is 2. The lowest BCUT2D eigenvalue weighted by Gasteiger charge is -2.13. The lowest BCUT2D eigenvalue weighted by molar-refractivity contribution is 0.0918. The Balaban J connectivity index is 0.00000132. The van der Waals surface area contributed by atoms with Gasteiger partial charge in [0.2, 0.25) is 0 Å². The van der Waals surface area contributed by atoms with Crippen LogP contribution in [0.25, 0.3) is 11.3 Å². The van der Waals surface area contributed by atoms with E-state index in [1.54, 1.807) is 30.6 Å². The lowest BCUT2D eigenvalue weighted by atomic mass is 10.1. The van der Waals surface area contributed by atoms with Crippen LogP contribution in [0.3, 0.4) is 0 Å². The molecule has 1 aliphatic heterocycles. The molecule has 23 heavy (non-hydrogen) atoms. The van der Waals surface area contributed by atoms with Crippen LogP contribution in [0, 0.1) is 5.92 Å². The Kier molecular flexibility index (Phi) is 7.44. The van der Waals surface area contributed by atoms with Crippen LogP contribution in [0.2, 0.25) is 0 Å². The van der Waals surface area contributed by atoms with Crippen LogP contribution >= 0.6 is 24.8 Å². The molecule has 0 aromatic carbocycles. The number of aromatic nitrogens is 2. The van der Waals surface area contributed by atoms with Gasteiger partial charge in [-0.1, -0.05) is 5.16 Å². The summed E-state index contributed by atoms with van der Waals surface area (Å²) in [5.74, 6) is 0.240. The third-order valence-electron chi connectivity index (χ3n) is 3.54. The summed E-state index contributed by atoms with van der Waals surface area (Å²) in [6.45, 7) is 1.67. The Labute approximate surface area is 145 Å². The van der Waals surface area contributed by atoms with E-state index in [0.29, 0.717) is 25.4 Å². The van der Waals surface area contributed by atoms with Crippen LogP contribution in [-0.4, -0.2) is 46.9 Å². The molecule has 126 valence electrons. The molecule has 9 heteroatoms. The minimum atomic E-state index is -0.421. The first-order valence-corrected chi connectivity index (χ1v) is 6.78. The number of hydrogen-bond acceptors (Lipinski definition) is 6. The van der Waals surface area contributed by atoms with Crippen LogP contribution < -0.4 is 10.6 Å². The second kappa shape index (κ2) is 8.83. The van der Waals surface area contributed by atoms with Crippen molar-refractivity contribution < 1.29 is 14.4 Å². The molecule has 0 bridgehead atoms. The van der Waals surface area contributed by atoms with Crippen molar-refractivity contribution in [1.29, 1.82) is 0 Å². The van der Waals surface area contributed by atoms with Crippen molar-refractivity contribution in [2.45, 2.75) is 6.10 Å². The Morgan fingerprint density at radius 2 is 2.09 bits per heavy atom. The predicted molar refractivity (Wildman–Crippen MR) is 88.9 cm³/mol. The maximum atomic E-state index is 12.0. The third kappa shape index (κ3) is 4.65. The van der Waals surface area contributed by atoms with Gasteiger partial charge in [0.1, 0.15) is 0 Å². The minimum Gasteiger partial charge on any atom is -0.391 e. The number of nitrogens with one attached hydrogen (secondary N) is 2. The molecule has 0 aliphatic carbocycles. The molecule has 1 amide bonds. The van der Waals surface area contributed by atoms with Gasteiger partial charge in [0.25, 0.3) is 5.91 Å². The number of hydrogen-bond donors (Lipinski definition) is 3. The molecule has 1 saturated heterocycles. The largest absolute Gasteiger partial charge is 0.391 e. The molecule has 1 fully saturated rings. The van der Waals surface area contributed by atoms with Crippen molar-refractivity contribution in [3.8, 4) is 11.3 Å². The van der Waals surface area contributed by atoms with Crippen molar-refractivity contribution in [1.82, 2.24) is 20.8 Å². The molecule has 7 nitrogen and oxygen atoms in total. The highest BCUT2D eigenvalue weighted by Gasteiger charge is 2.25. The summed E-state index contributed by atoms with van der Waals surface area (Å²) in [6.07, 6.45) is 2.87. The minimum absolute atomic E-state index is 0. The van der Waals surface area contributed by atoms with E-state index in [2.05, 4.69) is 20.8 Å². The van der Waals surface area contributed by atoms with Gasteiger partial charge in [-0.3, -0.25) is 9.78 Å². The van der Waals surface area contributed by atoms with E-state index in [9.17, 15) is 9.90 Å². The van der Waals surface area contributed by atoms with Gasteiger partial charge in [0.15, 0.2) is 11.5 Å². The van der Waals surface area contributed by atoms with Gasteiger partial charge < -0.3 is 20.3 Å². The van der Waals surface area contributed by atoms with E-state index < -0.39 is 6.10 Å². The zero-order chi connectivity index (χ0) is 14.7.